The summed E-state index contributed by atoms with van der Waals surface area (Å²) in [5.41, 5.74) is 7.89. The molecule has 4 nitrogen and oxygen atoms in total. The van der Waals surface area contributed by atoms with Gasteiger partial charge in [0.15, 0.2) is 5.82 Å². The highest BCUT2D eigenvalue weighted by Crippen LogP contribution is 2.30. The van der Waals surface area contributed by atoms with E-state index in [0.717, 1.165) is 39.1 Å². The Morgan fingerprint density at radius 2 is 1.03 bits per heavy atom. The maximum atomic E-state index is 4.95. The molecule has 0 unspecified atom stereocenters. The zero-order valence-electron chi connectivity index (χ0n) is 20.0. The van der Waals surface area contributed by atoms with Crippen molar-refractivity contribution in [2.75, 3.05) is 0 Å². The molecule has 0 fully saturated rings. The third-order valence-corrected chi connectivity index (χ3v) is 6.63. The minimum Gasteiger partial charge on any atom is -0.240 e. The molecule has 3 heterocycles. The van der Waals surface area contributed by atoms with Crippen molar-refractivity contribution < 1.29 is 0 Å². The van der Waals surface area contributed by atoms with E-state index >= 15 is 0 Å². The van der Waals surface area contributed by atoms with Crippen molar-refractivity contribution in [3.63, 3.8) is 0 Å². The number of aromatic nitrogens is 4. The van der Waals surface area contributed by atoms with E-state index in [2.05, 4.69) is 85.1 Å². The van der Waals surface area contributed by atoms with Crippen molar-refractivity contribution in [1.82, 2.24) is 19.6 Å². The van der Waals surface area contributed by atoms with Crippen LogP contribution in [-0.2, 0) is 0 Å². The van der Waals surface area contributed by atoms with Gasteiger partial charge in [0.05, 0.1) is 16.9 Å². The second kappa shape index (κ2) is 8.85. The summed E-state index contributed by atoms with van der Waals surface area (Å²) in [5.74, 6) is 0.683. The monoisotopic (exact) mass is 474 g/mol. The number of hydrogen-bond acceptors (Lipinski definition) is 3. The summed E-state index contributed by atoms with van der Waals surface area (Å²) in [5, 5.41) is 7.22. The number of fused-ring (bicyclic) bond motifs is 2. The second-order valence-corrected chi connectivity index (χ2v) is 9.07. The van der Waals surface area contributed by atoms with Gasteiger partial charge in [-0.15, -0.1) is 0 Å². The Morgan fingerprint density at radius 3 is 1.78 bits per heavy atom. The molecule has 0 radical (unpaired) electrons. The summed E-state index contributed by atoms with van der Waals surface area (Å²) < 4.78 is 1.93. The first-order valence-corrected chi connectivity index (χ1v) is 12.3. The van der Waals surface area contributed by atoms with Crippen molar-refractivity contribution in [2.45, 2.75) is 0 Å². The van der Waals surface area contributed by atoms with Crippen LogP contribution in [0.2, 0.25) is 0 Å². The van der Waals surface area contributed by atoms with Crippen LogP contribution in [0.1, 0.15) is 0 Å². The summed E-state index contributed by atoms with van der Waals surface area (Å²) in [6.07, 6.45) is 2.07. The predicted octanol–water partition coefficient (Wildman–Crippen LogP) is 7.95. The number of nitrogens with zero attached hydrogens (tertiary/aromatic N) is 4. The van der Waals surface area contributed by atoms with E-state index in [4.69, 9.17) is 15.1 Å². The Hall–Kier alpha value is -5.09. The summed E-state index contributed by atoms with van der Waals surface area (Å²) in [6.45, 7) is 0. The lowest BCUT2D eigenvalue weighted by Gasteiger charge is -2.09. The Morgan fingerprint density at radius 1 is 0.432 bits per heavy atom. The molecule has 174 valence electrons. The largest absolute Gasteiger partial charge is 0.240 e. The highest BCUT2D eigenvalue weighted by Gasteiger charge is 2.14. The molecule has 3 aromatic heterocycles. The molecule has 4 heteroatoms. The van der Waals surface area contributed by atoms with E-state index in [9.17, 15) is 0 Å². The number of hydrogen-bond donors (Lipinski definition) is 0. The second-order valence-electron chi connectivity index (χ2n) is 9.07. The van der Waals surface area contributed by atoms with Crippen LogP contribution in [0.4, 0.5) is 0 Å². The van der Waals surface area contributed by atoms with Crippen LogP contribution < -0.4 is 0 Å². The van der Waals surface area contributed by atoms with Gasteiger partial charge in [-0.2, -0.15) is 5.10 Å². The number of benzene rings is 4. The molecule has 7 aromatic rings. The molecule has 0 atom stereocenters. The molecule has 0 amide bonds. The van der Waals surface area contributed by atoms with E-state index < -0.39 is 0 Å². The number of pyridine rings is 1. The molecule has 0 aliphatic rings. The lowest BCUT2D eigenvalue weighted by molar-refractivity contribution is 0.969. The van der Waals surface area contributed by atoms with Crippen molar-refractivity contribution >= 4 is 16.3 Å². The Bertz CT molecular complexity index is 1800. The molecule has 4 aromatic carbocycles. The van der Waals surface area contributed by atoms with Crippen LogP contribution >= 0.6 is 0 Å². The molecular formula is C33H22N4. The van der Waals surface area contributed by atoms with Crippen LogP contribution in [0.15, 0.2) is 134 Å². The van der Waals surface area contributed by atoms with Gasteiger partial charge in [0.25, 0.3) is 0 Å². The number of rotatable bonds is 4. The van der Waals surface area contributed by atoms with E-state index in [0.29, 0.717) is 5.82 Å². The first-order chi connectivity index (χ1) is 18.3. The molecule has 0 bridgehead atoms. The van der Waals surface area contributed by atoms with Gasteiger partial charge in [0.1, 0.15) is 5.69 Å². The normalized spacial score (nSPS) is 11.2. The average molecular weight is 475 g/mol. The molecule has 0 saturated carbocycles. The Kier molecular flexibility index (Phi) is 5.07. The summed E-state index contributed by atoms with van der Waals surface area (Å²) in [7, 11) is 0. The van der Waals surface area contributed by atoms with Crippen LogP contribution in [0.5, 0.6) is 0 Å². The minimum absolute atomic E-state index is 0.683. The van der Waals surface area contributed by atoms with Crippen LogP contribution in [0.3, 0.4) is 0 Å². The topological polar surface area (TPSA) is 43.1 Å². The van der Waals surface area contributed by atoms with Gasteiger partial charge in [-0.25, -0.2) is 14.5 Å². The molecule has 7 rings (SSSR count). The van der Waals surface area contributed by atoms with Crippen molar-refractivity contribution in [3.05, 3.63) is 134 Å². The van der Waals surface area contributed by atoms with Gasteiger partial charge in [-0.3, -0.25) is 0 Å². The fourth-order valence-electron chi connectivity index (χ4n) is 4.70. The molecule has 0 aliphatic heterocycles. The SMILES string of the molecule is c1ccc(-c2ccc(-c3cc(-c4cc5cc6ccccc6cn5n4)nc(-c4ccccc4)n3)cc2)cc1. The lowest BCUT2D eigenvalue weighted by atomic mass is 10.0. The molecule has 0 spiro atoms. The zero-order valence-corrected chi connectivity index (χ0v) is 20.0. The van der Waals surface area contributed by atoms with Gasteiger partial charge < -0.3 is 0 Å². The van der Waals surface area contributed by atoms with Gasteiger partial charge in [0.2, 0.25) is 0 Å². The minimum atomic E-state index is 0.683. The van der Waals surface area contributed by atoms with Crippen molar-refractivity contribution in [3.8, 4) is 45.2 Å². The fourth-order valence-corrected chi connectivity index (χ4v) is 4.70. The third kappa shape index (κ3) is 4.05. The lowest BCUT2D eigenvalue weighted by Crippen LogP contribution is -1.96. The molecule has 0 saturated heterocycles. The van der Waals surface area contributed by atoms with Crippen molar-refractivity contribution in [1.29, 1.82) is 0 Å². The summed E-state index contributed by atoms with van der Waals surface area (Å²) >= 11 is 0. The molecule has 0 aliphatic carbocycles. The first kappa shape index (κ1) is 21.2. The molecular weight excluding hydrogens is 452 g/mol. The maximum absolute atomic E-state index is 4.95. The van der Waals surface area contributed by atoms with E-state index in [1.807, 2.05) is 53.0 Å². The Balaban J connectivity index is 1.36. The van der Waals surface area contributed by atoms with Gasteiger partial charge in [-0.05, 0) is 34.7 Å². The first-order valence-electron chi connectivity index (χ1n) is 12.3. The highest BCUT2D eigenvalue weighted by molar-refractivity contribution is 5.86. The van der Waals surface area contributed by atoms with Gasteiger partial charge in [0, 0.05) is 22.7 Å². The Labute approximate surface area is 214 Å². The van der Waals surface area contributed by atoms with E-state index in [1.54, 1.807) is 0 Å². The highest BCUT2D eigenvalue weighted by atomic mass is 15.2. The van der Waals surface area contributed by atoms with Crippen LogP contribution in [0, 0.1) is 0 Å². The predicted molar refractivity (Wildman–Crippen MR) is 150 cm³/mol. The zero-order chi connectivity index (χ0) is 24.6. The van der Waals surface area contributed by atoms with E-state index in [1.165, 1.54) is 16.5 Å². The summed E-state index contributed by atoms with van der Waals surface area (Å²) in [4.78, 5) is 9.90. The standard InChI is InChI=1S/C33H22N4/c1-3-9-23(10-4-1)24-15-17-25(18-16-24)30-21-31(35-33(34-30)26-11-5-2-6-12-26)32-20-29-19-27-13-7-8-14-28(27)22-37(29)36-32/h1-22H. The maximum Gasteiger partial charge on any atom is 0.160 e. The van der Waals surface area contributed by atoms with Gasteiger partial charge >= 0.3 is 0 Å². The molecule has 37 heavy (non-hydrogen) atoms. The third-order valence-electron chi connectivity index (χ3n) is 6.63. The van der Waals surface area contributed by atoms with Crippen LogP contribution in [0.25, 0.3) is 61.4 Å². The average Bonchev–Trinajstić information content (AvgIpc) is 3.40. The van der Waals surface area contributed by atoms with Gasteiger partial charge in [-0.1, -0.05) is 109 Å². The molecule has 0 N–H and O–H groups in total. The van der Waals surface area contributed by atoms with E-state index in [-0.39, 0.29) is 0 Å². The van der Waals surface area contributed by atoms with Crippen LogP contribution in [-0.4, -0.2) is 19.6 Å². The van der Waals surface area contributed by atoms with Crippen molar-refractivity contribution in [2.24, 2.45) is 0 Å². The quantitative estimate of drug-likeness (QED) is 0.260. The fraction of sp³-hybridized carbons (Fsp3) is 0. The summed E-state index contributed by atoms with van der Waals surface area (Å²) in [6, 6.07) is 43.7. The smallest absolute Gasteiger partial charge is 0.160 e.